The van der Waals surface area contributed by atoms with E-state index in [2.05, 4.69) is 28.1 Å². The number of nitrogens with zero attached hydrogens (tertiary/aromatic N) is 4. The highest BCUT2D eigenvalue weighted by atomic mass is 16.5. The van der Waals surface area contributed by atoms with E-state index < -0.39 is 0 Å². The molecule has 3 aromatic heterocycles. The molecular weight excluding hydrogens is 620 g/mol. The lowest BCUT2D eigenvalue weighted by atomic mass is 9.99. The number of pyridine rings is 2. The zero-order valence-corrected chi connectivity index (χ0v) is 29.4. The van der Waals surface area contributed by atoms with E-state index in [1.54, 1.807) is 37.4 Å². The van der Waals surface area contributed by atoms with Crippen LogP contribution in [0.5, 0.6) is 0 Å². The quantitative estimate of drug-likeness (QED) is 0.153. The molecule has 1 fully saturated rings. The normalized spacial score (nSPS) is 13.3. The molecule has 6 rings (SSSR count). The molecule has 5 aromatic rings. The van der Waals surface area contributed by atoms with E-state index >= 15 is 0 Å². The number of nitrogens with one attached hydrogen (secondary N) is 1. The number of hydrogen-bond acceptors (Lipinski definition) is 8. The van der Waals surface area contributed by atoms with Crippen molar-refractivity contribution in [1.82, 2.24) is 18.7 Å². The maximum absolute atomic E-state index is 12.0. The molecule has 11 nitrogen and oxygen atoms in total. The monoisotopic (exact) mass is 668 g/mol. The smallest absolute Gasteiger partial charge is 0.253 e. The van der Waals surface area contributed by atoms with E-state index in [4.69, 9.17) is 24.9 Å². The number of ether oxygens (including phenoxy) is 3. The molecule has 0 aliphatic carbocycles. The van der Waals surface area contributed by atoms with Crippen molar-refractivity contribution in [2.75, 3.05) is 58.2 Å². The lowest BCUT2D eigenvalue weighted by molar-refractivity contribution is 0.0825. The van der Waals surface area contributed by atoms with Gasteiger partial charge >= 0.3 is 0 Å². The maximum atomic E-state index is 12.0. The highest BCUT2D eigenvalue weighted by Gasteiger charge is 2.23. The van der Waals surface area contributed by atoms with Gasteiger partial charge in [-0.1, -0.05) is 12.1 Å². The molecule has 0 radical (unpaired) electrons. The number of hydrogen-bond donors (Lipinski definition) is 2. The van der Waals surface area contributed by atoms with Crippen LogP contribution in [-0.2, 0) is 34.9 Å². The Labute approximate surface area is 287 Å². The number of anilines is 2. The van der Waals surface area contributed by atoms with Crippen LogP contribution in [0.4, 0.5) is 11.4 Å². The Morgan fingerprint density at radius 1 is 0.837 bits per heavy atom. The average Bonchev–Trinajstić information content (AvgIpc) is 3.47. The van der Waals surface area contributed by atoms with Gasteiger partial charge in [0.05, 0.1) is 35.6 Å². The van der Waals surface area contributed by atoms with E-state index in [0.29, 0.717) is 31.4 Å². The van der Waals surface area contributed by atoms with Gasteiger partial charge in [-0.05, 0) is 85.3 Å². The van der Waals surface area contributed by atoms with E-state index in [1.165, 1.54) is 0 Å². The number of aromatic nitrogens is 4. The first-order chi connectivity index (χ1) is 23.6. The predicted octanol–water partition coefficient (Wildman–Crippen LogP) is 5.25. The van der Waals surface area contributed by atoms with Crippen LogP contribution in [0.2, 0.25) is 0 Å². The zero-order valence-electron chi connectivity index (χ0n) is 29.4. The van der Waals surface area contributed by atoms with Crippen molar-refractivity contribution in [2.45, 2.75) is 39.2 Å². The largest absolute Gasteiger partial charge is 0.397 e. The second-order valence-electron chi connectivity index (χ2n) is 12.6. The van der Waals surface area contributed by atoms with Gasteiger partial charge in [0.25, 0.3) is 11.1 Å². The average molecular weight is 669 g/mol. The number of rotatable bonds is 10. The minimum absolute atomic E-state index is 0.0210. The second kappa shape index (κ2) is 16.1. The van der Waals surface area contributed by atoms with Crippen LogP contribution in [0.1, 0.15) is 35.7 Å². The molecule has 4 heterocycles. The number of imidazole rings is 1. The summed E-state index contributed by atoms with van der Waals surface area (Å²) in [6.45, 7) is 7.98. The molecule has 0 spiro atoms. The summed E-state index contributed by atoms with van der Waals surface area (Å²) in [5, 5.41) is 3.25. The Balaban J connectivity index is 0.000000200. The third kappa shape index (κ3) is 8.30. The fraction of sp³-hybridized carbons (Fsp3) is 0.395. The summed E-state index contributed by atoms with van der Waals surface area (Å²) in [6.07, 6.45) is 5.73. The summed E-state index contributed by atoms with van der Waals surface area (Å²) in [7, 11) is 6.94. The number of benzene rings is 2. The van der Waals surface area contributed by atoms with Crippen molar-refractivity contribution in [2.24, 2.45) is 14.1 Å². The number of nitrogen functional groups attached to an aromatic ring is 1. The van der Waals surface area contributed by atoms with Crippen LogP contribution in [-0.4, -0.2) is 65.9 Å². The molecule has 0 atom stereocenters. The van der Waals surface area contributed by atoms with Crippen molar-refractivity contribution in [3.8, 4) is 22.3 Å². The van der Waals surface area contributed by atoms with Gasteiger partial charge in [-0.25, -0.2) is 4.98 Å². The second-order valence-corrected chi connectivity index (χ2v) is 12.6. The first-order valence-electron chi connectivity index (χ1n) is 16.7. The van der Waals surface area contributed by atoms with Crippen LogP contribution in [0.25, 0.3) is 33.3 Å². The standard InChI is InChI=1S/C22H27N3O3.C16H21N3O2/c1-15-12-18(14-24(2)22(15)26)17-4-5-19-20(13-17)25(8-11-27-3)21(23-19)16-6-9-28-10-7-16;1-11-8-13(10-19(2)16(11)20)12-4-5-14(17)15(9-12)18-6-7-21-3/h4-5,12-14,16H,6-11H2,1-3H3;4-5,8-10,18H,6-7,17H2,1-3H3. The lowest BCUT2D eigenvalue weighted by Crippen LogP contribution is -2.19. The third-order valence-corrected chi connectivity index (χ3v) is 8.95. The first-order valence-corrected chi connectivity index (χ1v) is 16.7. The van der Waals surface area contributed by atoms with Crippen LogP contribution < -0.4 is 22.2 Å². The van der Waals surface area contributed by atoms with E-state index in [-0.39, 0.29) is 11.1 Å². The van der Waals surface area contributed by atoms with Crippen LogP contribution in [0.3, 0.4) is 0 Å². The topological polar surface area (TPSA) is 128 Å². The summed E-state index contributed by atoms with van der Waals surface area (Å²) in [5.41, 5.74) is 15.3. The van der Waals surface area contributed by atoms with Crippen LogP contribution in [0.15, 0.2) is 70.5 Å². The minimum Gasteiger partial charge on any atom is -0.397 e. The zero-order chi connectivity index (χ0) is 35.1. The third-order valence-electron chi connectivity index (χ3n) is 8.95. The van der Waals surface area contributed by atoms with Gasteiger partial charge in [0.2, 0.25) is 0 Å². The van der Waals surface area contributed by atoms with E-state index in [1.807, 2.05) is 56.6 Å². The Morgan fingerprint density at radius 3 is 2.02 bits per heavy atom. The van der Waals surface area contributed by atoms with Crippen LogP contribution >= 0.6 is 0 Å². The van der Waals surface area contributed by atoms with Gasteiger partial charge in [0.1, 0.15) is 5.82 Å². The summed E-state index contributed by atoms with van der Waals surface area (Å²) in [6, 6.07) is 16.0. The summed E-state index contributed by atoms with van der Waals surface area (Å²) >= 11 is 0. The SMILES string of the molecule is COCCNc1cc(-c2cc(C)c(=O)n(C)c2)ccc1N.COCCn1c(C2CCOCC2)nc2ccc(-c3cc(C)c(=O)n(C)c3)cc21. The molecule has 1 aliphatic heterocycles. The predicted molar refractivity (Wildman–Crippen MR) is 196 cm³/mol. The maximum Gasteiger partial charge on any atom is 0.253 e. The highest BCUT2D eigenvalue weighted by Crippen LogP contribution is 2.32. The molecule has 3 N–H and O–H groups in total. The lowest BCUT2D eigenvalue weighted by Gasteiger charge is -2.22. The fourth-order valence-corrected chi connectivity index (χ4v) is 6.25. The molecule has 1 aliphatic rings. The van der Waals surface area contributed by atoms with Gasteiger partial charge in [-0.2, -0.15) is 0 Å². The molecule has 260 valence electrons. The van der Waals surface area contributed by atoms with Crippen LogP contribution in [0, 0.1) is 13.8 Å². The molecule has 0 bridgehead atoms. The molecule has 49 heavy (non-hydrogen) atoms. The van der Waals surface area contributed by atoms with Crippen molar-refractivity contribution in [3.63, 3.8) is 0 Å². The Kier molecular flexibility index (Phi) is 11.7. The van der Waals surface area contributed by atoms with Crippen molar-refractivity contribution in [3.05, 3.63) is 98.6 Å². The Hall–Kier alpha value is -4.71. The first kappa shape index (κ1) is 35.6. The van der Waals surface area contributed by atoms with Crippen molar-refractivity contribution in [1.29, 1.82) is 0 Å². The van der Waals surface area contributed by atoms with E-state index in [9.17, 15) is 9.59 Å². The molecule has 1 saturated heterocycles. The van der Waals surface area contributed by atoms with E-state index in [0.717, 1.165) is 88.5 Å². The molecule has 11 heteroatoms. The van der Waals surface area contributed by atoms with Crippen molar-refractivity contribution < 1.29 is 14.2 Å². The Morgan fingerprint density at radius 2 is 1.43 bits per heavy atom. The molecule has 0 unspecified atom stereocenters. The van der Waals surface area contributed by atoms with Gasteiger partial charge in [0, 0.05) is 84.1 Å². The van der Waals surface area contributed by atoms with Gasteiger partial charge in [0.15, 0.2) is 0 Å². The Bertz CT molecular complexity index is 1970. The number of fused-ring (bicyclic) bond motifs is 1. The summed E-state index contributed by atoms with van der Waals surface area (Å²) in [4.78, 5) is 28.8. The number of aryl methyl sites for hydroxylation is 4. The molecule has 2 aromatic carbocycles. The molecule has 0 amide bonds. The minimum atomic E-state index is 0.0210. The molecular formula is C38H48N6O5. The number of methoxy groups -OCH3 is 2. The summed E-state index contributed by atoms with van der Waals surface area (Å²) < 4.78 is 21.5. The summed E-state index contributed by atoms with van der Waals surface area (Å²) in [5.74, 6) is 1.55. The fourth-order valence-electron chi connectivity index (χ4n) is 6.25. The van der Waals surface area contributed by atoms with Gasteiger partial charge in [-0.3, -0.25) is 9.59 Å². The van der Waals surface area contributed by atoms with Gasteiger partial charge < -0.3 is 39.0 Å². The highest BCUT2D eigenvalue weighted by molar-refractivity contribution is 5.83. The molecule has 0 saturated carbocycles. The van der Waals surface area contributed by atoms with Crippen molar-refractivity contribution >= 4 is 22.4 Å². The van der Waals surface area contributed by atoms with Gasteiger partial charge in [-0.15, -0.1) is 0 Å². The number of nitrogens with two attached hydrogens (primary N) is 1.